The van der Waals surface area contributed by atoms with E-state index in [9.17, 15) is 13.2 Å². The minimum Gasteiger partial charge on any atom is -0.298 e. The Labute approximate surface area is 114 Å². The molecule has 0 saturated carbocycles. The third-order valence-corrected chi connectivity index (χ3v) is 3.40. The van der Waals surface area contributed by atoms with Crippen LogP contribution in [0.1, 0.15) is 10.4 Å². The SMILES string of the molecule is CS(=O)(=O)Nc1ccc(C(=O)Nc2nccs2)cc1. The molecular formula is C11H11N3O3S2. The molecule has 0 saturated heterocycles. The quantitative estimate of drug-likeness (QED) is 0.900. The first kappa shape index (κ1) is 13.5. The molecule has 6 nitrogen and oxygen atoms in total. The molecular weight excluding hydrogens is 286 g/mol. The first-order valence-electron chi connectivity index (χ1n) is 5.23. The van der Waals surface area contributed by atoms with Crippen LogP contribution in [0.25, 0.3) is 0 Å². The van der Waals surface area contributed by atoms with Crippen molar-refractivity contribution in [2.45, 2.75) is 0 Å². The molecule has 2 aromatic rings. The number of anilines is 2. The number of carbonyl (C=O) groups excluding carboxylic acids is 1. The van der Waals surface area contributed by atoms with Crippen LogP contribution in [0.4, 0.5) is 10.8 Å². The Balaban J connectivity index is 2.08. The average molecular weight is 297 g/mol. The molecule has 8 heteroatoms. The lowest BCUT2D eigenvalue weighted by molar-refractivity contribution is 0.102. The maximum Gasteiger partial charge on any atom is 0.257 e. The van der Waals surface area contributed by atoms with Crippen molar-refractivity contribution >= 4 is 38.1 Å². The molecule has 1 amide bonds. The number of carbonyl (C=O) groups is 1. The molecule has 1 aromatic carbocycles. The summed E-state index contributed by atoms with van der Waals surface area (Å²) in [5.74, 6) is -0.291. The summed E-state index contributed by atoms with van der Waals surface area (Å²) in [5, 5.41) is 4.91. The van der Waals surface area contributed by atoms with Crippen LogP contribution in [0.2, 0.25) is 0 Å². The van der Waals surface area contributed by atoms with Crippen molar-refractivity contribution in [1.82, 2.24) is 4.98 Å². The number of nitrogens with one attached hydrogen (secondary N) is 2. The van der Waals surface area contributed by atoms with E-state index in [1.54, 1.807) is 11.6 Å². The van der Waals surface area contributed by atoms with Crippen LogP contribution >= 0.6 is 11.3 Å². The van der Waals surface area contributed by atoms with Gasteiger partial charge in [0, 0.05) is 22.8 Å². The van der Waals surface area contributed by atoms with E-state index in [1.165, 1.54) is 35.6 Å². The second kappa shape index (κ2) is 5.37. The number of thiazole rings is 1. The van der Waals surface area contributed by atoms with E-state index in [2.05, 4.69) is 15.0 Å². The van der Waals surface area contributed by atoms with Gasteiger partial charge in [0.1, 0.15) is 0 Å². The smallest absolute Gasteiger partial charge is 0.257 e. The molecule has 0 spiro atoms. The summed E-state index contributed by atoms with van der Waals surface area (Å²) in [4.78, 5) is 15.8. The molecule has 0 fully saturated rings. The Kier molecular flexibility index (Phi) is 3.82. The maximum absolute atomic E-state index is 11.8. The van der Waals surface area contributed by atoms with Crippen LogP contribution in [0, 0.1) is 0 Å². The molecule has 1 heterocycles. The molecule has 0 bridgehead atoms. The molecule has 19 heavy (non-hydrogen) atoms. The first-order chi connectivity index (χ1) is 8.94. The number of sulfonamides is 1. The highest BCUT2D eigenvalue weighted by atomic mass is 32.2. The summed E-state index contributed by atoms with van der Waals surface area (Å²) in [6, 6.07) is 6.13. The van der Waals surface area contributed by atoms with Crippen molar-refractivity contribution in [2.75, 3.05) is 16.3 Å². The molecule has 0 aliphatic carbocycles. The summed E-state index contributed by atoms with van der Waals surface area (Å²) < 4.78 is 24.4. The third kappa shape index (κ3) is 4.04. The van der Waals surface area contributed by atoms with Gasteiger partial charge < -0.3 is 0 Å². The van der Waals surface area contributed by atoms with Gasteiger partial charge in [-0.25, -0.2) is 13.4 Å². The number of nitrogens with zero attached hydrogens (tertiary/aromatic N) is 1. The number of rotatable bonds is 4. The number of aromatic nitrogens is 1. The van der Waals surface area contributed by atoms with E-state index >= 15 is 0 Å². The summed E-state index contributed by atoms with van der Waals surface area (Å²) in [5.41, 5.74) is 0.836. The summed E-state index contributed by atoms with van der Waals surface area (Å²) in [6.07, 6.45) is 2.66. The van der Waals surface area contributed by atoms with Gasteiger partial charge in [-0.1, -0.05) is 0 Å². The van der Waals surface area contributed by atoms with Crippen molar-refractivity contribution in [2.24, 2.45) is 0 Å². The van der Waals surface area contributed by atoms with Crippen LogP contribution in [0.5, 0.6) is 0 Å². The van der Waals surface area contributed by atoms with Crippen LogP contribution in [0.15, 0.2) is 35.8 Å². The van der Waals surface area contributed by atoms with Gasteiger partial charge in [-0.3, -0.25) is 14.8 Å². The molecule has 0 aliphatic rings. The fraction of sp³-hybridized carbons (Fsp3) is 0.0909. The lowest BCUT2D eigenvalue weighted by Crippen LogP contribution is -2.12. The number of amides is 1. The monoisotopic (exact) mass is 297 g/mol. The van der Waals surface area contributed by atoms with E-state index in [4.69, 9.17) is 0 Å². The van der Waals surface area contributed by atoms with Gasteiger partial charge in [0.15, 0.2) is 5.13 Å². The molecule has 0 radical (unpaired) electrons. The average Bonchev–Trinajstić information content (AvgIpc) is 2.80. The summed E-state index contributed by atoms with van der Waals surface area (Å²) in [7, 11) is -3.31. The highest BCUT2D eigenvalue weighted by Crippen LogP contribution is 2.14. The number of hydrogen-bond donors (Lipinski definition) is 2. The minimum absolute atomic E-state index is 0.291. The van der Waals surface area contributed by atoms with E-state index in [-0.39, 0.29) is 5.91 Å². The Bertz CT molecular complexity index is 664. The molecule has 0 atom stereocenters. The molecule has 2 N–H and O–H groups in total. The van der Waals surface area contributed by atoms with Gasteiger partial charge in [0.2, 0.25) is 10.0 Å². The Morgan fingerprint density at radius 2 is 1.95 bits per heavy atom. The van der Waals surface area contributed by atoms with Gasteiger partial charge in [-0.2, -0.15) is 0 Å². The van der Waals surface area contributed by atoms with E-state index < -0.39 is 10.0 Å². The highest BCUT2D eigenvalue weighted by Gasteiger charge is 2.08. The van der Waals surface area contributed by atoms with Crippen molar-refractivity contribution in [1.29, 1.82) is 0 Å². The molecule has 100 valence electrons. The van der Waals surface area contributed by atoms with Crippen molar-refractivity contribution in [3.63, 3.8) is 0 Å². The Hall–Kier alpha value is -1.93. The Morgan fingerprint density at radius 1 is 1.26 bits per heavy atom. The zero-order valence-electron chi connectivity index (χ0n) is 9.95. The zero-order valence-corrected chi connectivity index (χ0v) is 11.6. The first-order valence-corrected chi connectivity index (χ1v) is 8.00. The molecule has 0 unspecified atom stereocenters. The minimum atomic E-state index is -3.31. The maximum atomic E-state index is 11.8. The fourth-order valence-corrected chi connectivity index (χ4v) is 2.45. The van der Waals surface area contributed by atoms with Crippen LogP contribution < -0.4 is 10.0 Å². The molecule has 2 rings (SSSR count). The largest absolute Gasteiger partial charge is 0.298 e. The molecule has 1 aromatic heterocycles. The topological polar surface area (TPSA) is 88.2 Å². The lowest BCUT2D eigenvalue weighted by atomic mass is 10.2. The normalized spacial score (nSPS) is 11.0. The van der Waals surface area contributed by atoms with Crippen molar-refractivity contribution < 1.29 is 13.2 Å². The van der Waals surface area contributed by atoms with Gasteiger partial charge in [-0.05, 0) is 24.3 Å². The van der Waals surface area contributed by atoms with Gasteiger partial charge >= 0.3 is 0 Å². The predicted molar refractivity (Wildman–Crippen MR) is 75.0 cm³/mol. The second-order valence-electron chi connectivity index (χ2n) is 3.74. The van der Waals surface area contributed by atoms with E-state index in [1.807, 2.05) is 0 Å². The second-order valence-corrected chi connectivity index (χ2v) is 6.39. The molecule has 0 aliphatic heterocycles. The van der Waals surface area contributed by atoms with Gasteiger partial charge in [0.25, 0.3) is 5.91 Å². The summed E-state index contributed by atoms with van der Waals surface area (Å²) >= 11 is 1.32. The fourth-order valence-electron chi connectivity index (χ4n) is 1.36. The number of benzene rings is 1. The summed E-state index contributed by atoms with van der Waals surface area (Å²) in [6.45, 7) is 0. The standard InChI is InChI=1S/C11H11N3O3S2/c1-19(16,17)14-9-4-2-8(3-5-9)10(15)13-11-12-6-7-18-11/h2-7,14H,1H3,(H,12,13,15). The predicted octanol–water partition coefficient (Wildman–Crippen LogP) is 1.77. The van der Waals surface area contributed by atoms with E-state index in [0.717, 1.165) is 6.26 Å². The van der Waals surface area contributed by atoms with Crippen molar-refractivity contribution in [3.8, 4) is 0 Å². The zero-order chi connectivity index (χ0) is 13.9. The van der Waals surface area contributed by atoms with Crippen molar-refractivity contribution in [3.05, 3.63) is 41.4 Å². The van der Waals surface area contributed by atoms with E-state index in [0.29, 0.717) is 16.4 Å². The van der Waals surface area contributed by atoms with Crippen LogP contribution in [-0.4, -0.2) is 25.6 Å². The van der Waals surface area contributed by atoms with Crippen LogP contribution in [-0.2, 0) is 10.0 Å². The Morgan fingerprint density at radius 3 is 2.47 bits per heavy atom. The van der Waals surface area contributed by atoms with Gasteiger partial charge in [0.05, 0.1) is 6.26 Å². The van der Waals surface area contributed by atoms with Crippen LogP contribution in [0.3, 0.4) is 0 Å². The number of hydrogen-bond acceptors (Lipinski definition) is 5. The lowest BCUT2D eigenvalue weighted by Gasteiger charge is -2.05. The highest BCUT2D eigenvalue weighted by molar-refractivity contribution is 7.92. The van der Waals surface area contributed by atoms with Gasteiger partial charge in [-0.15, -0.1) is 11.3 Å². The third-order valence-electron chi connectivity index (χ3n) is 2.10.